The number of hydrogen-bond acceptors (Lipinski definition) is 2. The molecule has 2 heterocycles. The first-order valence-electron chi connectivity index (χ1n) is 7.92. The summed E-state index contributed by atoms with van der Waals surface area (Å²) in [5.41, 5.74) is 4.93. The van der Waals surface area contributed by atoms with Crippen molar-refractivity contribution in [2.45, 2.75) is 46.9 Å². The number of halogens is 2. The van der Waals surface area contributed by atoms with E-state index in [0.29, 0.717) is 23.1 Å². The maximum atomic E-state index is 10.6. The second-order valence-corrected chi connectivity index (χ2v) is 7.06. The van der Waals surface area contributed by atoms with Gasteiger partial charge in [0.1, 0.15) is 0 Å². The number of aromatic nitrogens is 3. The van der Waals surface area contributed by atoms with Crippen molar-refractivity contribution < 1.29 is 5.11 Å². The van der Waals surface area contributed by atoms with Crippen LogP contribution >= 0.6 is 23.2 Å². The van der Waals surface area contributed by atoms with Crippen LogP contribution in [0.2, 0.25) is 10.0 Å². The van der Waals surface area contributed by atoms with Crippen LogP contribution in [0.15, 0.2) is 18.2 Å². The molecule has 1 N–H and O–H groups in total. The third-order valence-electron chi connectivity index (χ3n) is 4.68. The summed E-state index contributed by atoms with van der Waals surface area (Å²) in [4.78, 5) is 0. The fourth-order valence-corrected chi connectivity index (χ4v) is 3.62. The van der Waals surface area contributed by atoms with E-state index in [4.69, 9.17) is 23.2 Å². The number of nitrogens with zero attached hydrogens (tertiary/aromatic N) is 3. The van der Waals surface area contributed by atoms with E-state index in [-0.39, 0.29) is 0 Å². The van der Waals surface area contributed by atoms with Crippen molar-refractivity contribution in [2.24, 2.45) is 0 Å². The molecule has 4 nitrogen and oxygen atoms in total. The van der Waals surface area contributed by atoms with E-state index in [9.17, 15) is 5.11 Å². The zero-order chi connectivity index (χ0) is 17.6. The van der Waals surface area contributed by atoms with E-state index < -0.39 is 6.10 Å². The number of benzene rings is 1. The molecule has 24 heavy (non-hydrogen) atoms. The molecule has 0 bridgehead atoms. The zero-order valence-electron chi connectivity index (χ0n) is 14.3. The summed E-state index contributed by atoms with van der Waals surface area (Å²) in [5, 5.41) is 17.5. The molecule has 0 fully saturated rings. The normalized spacial score (nSPS) is 13.0. The Morgan fingerprint density at radius 2 is 1.79 bits per heavy atom. The summed E-state index contributed by atoms with van der Waals surface area (Å²) in [6, 6.07) is 5.90. The Morgan fingerprint density at radius 1 is 1.08 bits per heavy atom. The second-order valence-electron chi connectivity index (χ2n) is 6.28. The standard InChI is InChI=1S/C18H21Cl2N3O/c1-10-12(3)22(18-15(10)6-5-7-16(18)19)8-14(24)9-23-13(4)17(20)11(2)21-23/h5-7,14,24H,8-9H2,1-4H3/t14-/m0/s1. The van der Waals surface area contributed by atoms with E-state index in [1.165, 1.54) is 5.56 Å². The van der Waals surface area contributed by atoms with Crippen molar-refractivity contribution in [3.05, 3.63) is 50.9 Å². The van der Waals surface area contributed by atoms with Crippen LogP contribution in [0.4, 0.5) is 0 Å². The van der Waals surface area contributed by atoms with E-state index >= 15 is 0 Å². The molecule has 0 aliphatic heterocycles. The van der Waals surface area contributed by atoms with Crippen LogP contribution in [0.3, 0.4) is 0 Å². The summed E-state index contributed by atoms with van der Waals surface area (Å²) in [7, 11) is 0. The molecule has 0 spiro atoms. The minimum Gasteiger partial charge on any atom is -0.389 e. The number of rotatable bonds is 4. The van der Waals surface area contributed by atoms with Crippen molar-refractivity contribution in [3.8, 4) is 0 Å². The van der Waals surface area contributed by atoms with E-state index in [1.54, 1.807) is 4.68 Å². The molecule has 0 aliphatic carbocycles. The van der Waals surface area contributed by atoms with Gasteiger partial charge in [0, 0.05) is 11.1 Å². The van der Waals surface area contributed by atoms with Crippen molar-refractivity contribution in [3.63, 3.8) is 0 Å². The van der Waals surface area contributed by atoms with Crippen LogP contribution in [0.25, 0.3) is 10.9 Å². The van der Waals surface area contributed by atoms with E-state index in [2.05, 4.69) is 29.6 Å². The highest BCUT2D eigenvalue weighted by Gasteiger charge is 2.18. The highest BCUT2D eigenvalue weighted by Crippen LogP contribution is 2.31. The van der Waals surface area contributed by atoms with Crippen LogP contribution in [-0.2, 0) is 13.1 Å². The molecule has 1 aromatic carbocycles. The molecule has 0 aliphatic rings. The van der Waals surface area contributed by atoms with Crippen molar-refractivity contribution >= 4 is 34.1 Å². The van der Waals surface area contributed by atoms with Crippen molar-refractivity contribution in [1.82, 2.24) is 14.3 Å². The Morgan fingerprint density at radius 3 is 2.42 bits per heavy atom. The second kappa shape index (κ2) is 6.43. The minimum absolute atomic E-state index is 0.391. The Balaban J connectivity index is 1.92. The lowest BCUT2D eigenvalue weighted by Crippen LogP contribution is -2.24. The number of hydrogen-bond donors (Lipinski definition) is 1. The largest absolute Gasteiger partial charge is 0.389 e. The van der Waals surface area contributed by atoms with E-state index in [1.807, 2.05) is 26.0 Å². The number of para-hydroxylation sites is 1. The lowest BCUT2D eigenvalue weighted by atomic mass is 10.2. The van der Waals surface area contributed by atoms with Gasteiger partial charge in [-0.1, -0.05) is 35.3 Å². The topological polar surface area (TPSA) is 43.0 Å². The van der Waals surface area contributed by atoms with E-state index in [0.717, 1.165) is 28.0 Å². The maximum absolute atomic E-state index is 10.6. The Bertz CT molecular complexity index is 911. The smallest absolute Gasteiger partial charge is 0.0914 e. The highest BCUT2D eigenvalue weighted by molar-refractivity contribution is 6.35. The predicted molar refractivity (Wildman–Crippen MR) is 99.1 cm³/mol. The molecular weight excluding hydrogens is 345 g/mol. The molecule has 2 aromatic heterocycles. The number of aliphatic hydroxyl groups excluding tert-OH is 1. The van der Waals surface area contributed by atoms with Gasteiger partial charge in [-0.3, -0.25) is 4.68 Å². The molecule has 0 amide bonds. The summed E-state index contributed by atoms with van der Waals surface area (Å²) in [5.74, 6) is 0. The number of aryl methyl sites for hydroxylation is 2. The molecule has 6 heteroatoms. The lowest BCUT2D eigenvalue weighted by Gasteiger charge is -2.16. The Labute approximate surface area is 151 Å². The average Bonchev–Trinajstić information content (AvgIpc) is 2.92. The quantitative estimate of drug-likeness (QED) is 0.742. The molecular formula is C18H21Cl2N3O. The fourth-order valence-electron chi connectivity index (χ4n) is 3.21. The molecule has 0 saturated carbocycles. The summed E-state index contributed by atoms with van der Waals surface area (Å²) >= 11 is 12.6. The van der Waals surface area contributed by atoms with Crippen LogP contribution in [-0.4, -0.2) is 25.6 Å². The third kappa shape index (κ3) is 2.83. The highest BCUT2D eigenvalue weighted by atomic mass is 35.5. The van der Waals surface area contributed by atoms with Gasteiger partial charge in [0.2, 0.25) is 0 Å². The molecule has 128 valence electrons. The number of aliphatic hydroxyl groups is 1. The molecule has 1 atom stereocenters. The minimum atomic E-state index is -0.593. The van der Waals surface area contributed by atoms with Gasteiger partial charge >= 0.3 is 0 Å². The summed E-state index contributed by atoms with van der Waals surface area (Å²) < 4.78 is 3.85. The zero-order valence-corrected chi connectivity index (χ0v) is 15.8. The van der Waals surface area contributed by atoms with Gasteiger partial charge in [0.05, 0.1) is 46.1 Å². The molecule has 0 radical (unpaired) electrons. The van der Waals surface area contributed by atoms with Crippen LogP contribution in [0.1, 0.15) is 22.6 Å². The third-order valence-corrected chi connectivity index (χ3v) is 5.53. The number of fused-ring (bicyclic) bond motifs is 1. The Kier molecular flexibility index (Phi) is 4.65. The van der Waals surface area contributed by atoms with Gasteiger partial charge in [-0.2, -0.15) is 5.10 Å². The van der Waals surface area contributed by atoms with Gasteiger partial charge in [-0.05, 0) is 39.3 Å². The first-order chi connectivity index (χ1) is 11.3. The predicted octanol–water partition coefficient (Wildman–Crippen LogP) is 4.44. The summed E-state index contributed by atoms with van der Waals surface area (Å²) in [6.45, 7) is 8.76. The SMILES string of the molecule is Cc1nn(C[C@@H](O)Cn2c(C)c(C)c3cccc(Cl)c32)c(C)c1Cl. The average molecular weight is 366 g/mol. The van der Waals surface area contributed by atoms with Crippen molar-refractivity contribution in [1.29, 1.82) is 0 Å². The summed E-state index contributed by atoms with van der Waals surface area (Å²) in [6.07, 6.45) is -0.593. The van der Waals surface area contributed by atoms with Crippen LogP contribution in [0, 0.1) is 27.7 Å². The fraction of sp³-hybridized carbons (Fsp3) is 0.389. The first-order valence-corrected chi connectivity index (χ1v) is 8.68. The molecule has 3 aromatic rings. The Hall–Kier alpha value is -1.49. The van der Waals surface area contributed by atoms with Gasteiger partial charge in [-0.15, -0.1) is 0 Å². The van der Waals surface area contributed by atoms with Crippen molar-refractivity contribution in [2.75, 3.05) is 0 Å². The van der Waals surface area contributed by atoms with Gasteiger partial charge in [0.25, 0.3) is 0 Å². The maximum Gasteiger partial charge on any atom is 0.0914 e. The molecule has 0 unspecified atom stereocenters. The molecule has 3 rings (SSSR count). The van der Waals surface area contributed by atoms with Gasteiger partial charge in [-0.25, -0.2) is 0 Å². The first kappa shape index (κ1) is 17.3. The van der Waals surface area contributed by atoms with Gasteiger partial charge in [0.15, 0.2) is 0 Å². The molecule has 0 saturated heterocycles. The van der Waals surface area contributed by atoms with Crippen LogP contribution in [0.5, 0.6) is 0 Å². The lowest BCUT2D eigenvalue weighted by molar-refractivity contribution is 0.130. The van der Waals surface area contributed by atoms with Gasteiger partial charge < -0.3 is 9.67 Å². The monoisotopic (exact) mass is 365 g/mol. The van der Waals surface area contributed by atoms with Crippen LogP contribution < -0.4 is 0 Å².